The number of anilines is 1. The van der Waals surface area contributed by atoms with Gasteiger partial charge in [0.15, 0.2) is 11.4 Å². The Hall–Kier alpha value is -2.95. The summed E-state index contributed by atoms with van der Waals surface area (Å²) in [6.45, 7) is 3.73. The van der Waals surface area contributed by atoms with E-state index in [1.54, 1.807) is 23.1 Å². The Bertz CT molecular complexity index is 1090. The molecular weight excluding hydrogens is 457 g/mol. The van der Waals surface area contributed by atoms with Crippen LogP contribution in [0.15, 0.2) is 35.2 Å². The Balaban J connectivity index is 0.00000181. The number of pyridine rings is 1. The number of oxazole rings is 1. The van der Waals surface area contributed by atoms with Crippen LogP contribution in [0, 0.1) is 6.92 Å². The van der Waals surface area contributed by atoms with Crippen molar-refractivity contribution in [2.24, 2.45) is 5.73 Å². The molecule has 0 spiro atoms. The maximum atomic E-state index is 12.7. The first-order valence-electron chi connectivity index (χ1n) is 9.68. The standard InChI is InChI=1S/C20H23N7O3.2ClH/c1-12-9-13(3-6-22-12)20-24-16(11-30-20)19(29)23-15-10-27(25-17(15)18(21)28)14-4-7-26(2)8-5-14;;/h3,6,9-11,14H,4-5,7-8H2,1-2H3,(H2,21,28)(H,23,29);2*1H. The lowest BCUT2D eigenvalue weighted by atomic mass is 10.1. The molecule has 3 aromatic heterocycles. The van der Waals surface area contributed by atoms with Crippen molar-refractivity contribution in [2.75, 3.05) is 25.5 Å². The lowest BCUT2D eigenvalue weighted by Gasteiger charge is -2.28. The van der Waals surface area contributed by atoms with E-state index in [0.29, 0.717) is 5.89 Å². The van der Waals surface area contributed by atoms with E-state index in [1.807, 2.05) is 13.0 Å². The van der Waals surface area contributed by atoms with Gasteiger partial charge in [0.05, 0.1) is 11.7 Å². The highest BCUT2D eigenvalue weighted by atomic mass is 35.5. The minimum Gasteiger partial charge on any atom is -0.444 e. The predicted molar refractivity (Wildman–Crippen MR) is 123 cm³/mol. The molecule has 0 bridgehead atoms. The lowest BCUT2D eigenvalue weighted by Crippen LogP contribution is -2.31. The summed E-state index contributed by atoms with van der Waals surface area (Å²) in [6.07, 6.45) is 6.38. The highest BCUT2D eigenvalue weighted by Crippen LogP contribution is 2.25. The molecule has 12 heteroatoms. The van der Waals surface area contributed by atoms with Crippen LogP contribution in [0.3, 0.4) is 0 Å². The normalized spacial score (nSPS) is 14.3. The van der Waals surface area contributed by atoms with E-state index in [0.717, 1.165) is 37.2 Å². The number of rotatable bonds is 5. The summed E-state index contributed by atoms with van der Waals surface area (Å²) < 4.78 is 7.15. The molecule has 10 nitrogen and oxygen atoms in total. The van der Waals surface area contributed by atoms with Gasteiger partial charge in [-0.05, 0) is 52.0 Å². The minimum absolute atomic E-state index is 0. The van der Waals surface area contributed by atoms with Crippen molar-refractivity contribution in [3.05, 3.63) is 47.9 Å². The molecule has 0 unspecified atom stereocenters. The summed E-state index contributed by atoms with van der Waals surface area (Å²) in [5.41, 5.74) is 7.37. The number of hydrogen-bond donors (Lipinski definition) is 2. The second-order valence-electron chi connectivity index (χ2n) is 7.45. The molecule has 4 rings (SSSR count). The number of nitrogens with two attached hydrogens (primary N) is 1. The van der Waals surface area contributed by atoms with E-state index in [1.165, 1.54) is 6.26 Å². The largest absolute Gasteiger partial charge is 0.444 e. The molecule has 0 aromatic carbocycles. The molecule has 32 heavy (non-hydrogen) atoms. The third-order valence-corrected chi connectivity index (χ3v) is 5.16. The van der Waals surface area contributed by atoms with Crippen LogP contribution in [0.4, 0.5) is 5.69 Å². The second kappa shape index (κ2) is 10.6. The fraction of sp³-hybridized carbons (Fsp3) is 0.350. The number of piperidine rings is 1. The van der Waals surface area contributed by atoms with E-state index in [-0.39, 0.29) is 47.9 Å². The van der Waals surface area contributed by atoms with Crippen molar-refractivity contribution in [1.29, 1.82) is 0 Å². The fourth-order valence-electron chi connectivity index (χ4n) is 3.49. The van der Waals surface area contributed by atoms with Crippen molar-refractivity contribution >= 4 is 42.3 Å². The monoisotopic (exact) mass is 481 g/mol. The number of aryl methyl sites for hydroxylation is 1. The third-order valence-electron chi connectivity index (χ3n) is 5.16. The van der Waals surface area contributed by atoms with Crippen LogP contribution in [0.25, 0.3) is 11.5 Å². The summed E-state index contributed by atoms with van der Waals surface area (Å²) in [7, 11) is 2.07. The highest BCUT2D eigenvalue weighted by molar-refractivity contribution is 6.07. The number of amides is 2. The molecule has 0 radical (unpaired) electrons. The highest BCUT2D eigenvalue weighted by Gasteiger charge is 2.24. The van der Waals surface area contributed by atoms with Gasteiger partial charge in [0, 0.05) is 23.7 Å². The zero-order chi connectivity index (χ0) is 21.3. The molecule has 1 aliphatic rings. The van der Waals surface area contributed by atoms with E-state index < -0.39 is 11.8 Å². The number of carbonyl (C=O) groups is 2. The first-order chi connectivity index (χ1) is 14.4. The summed E-state index contributed by atoms with van der Waals surface area (Å²) in [4.78, 5) is 35.2. The Labute approximate surface area is 197 Å². The van der Waals surface area contributed by atoms with Crippen molar-refractivity contribution in [3.8, 4) is 11.5 Å². The first-order valence-corrected chi connectivity index (χ1v) is 9.68. The summed E-state index contributed by atoms with van der Waals surface area (Å²) in [5.74, 6) is -0.908. The molecule has 1 saturated heterocycles. The molecule has 1 aliphatic heterocycles. The van der Waals surface area contributed by atoms with Crippen LogP contribution in [0.2, 0.25) is 0 Å². The zero-order valence-corrected chi connectivity index (χ0v) is 19.3. The van der Waals surface area contributed by atoms with Gasteiger partial charge in [0.25, 0.3) is 11.8 Å². The zero-order valence-electron chi connectivity index (χ0n) is 17.6. The van der Waals surface area contributed by atoms with Gasteiger partial charge in [-0.1, -0.05) is 0 Å². The van der Waals surface area contributed by atoms with E-state index >= 15 is 0 Å². The van der Waals surface area contributed by atoms with E-state index in [2.05, 4.69) is 32.3 Å². The molecule has 1 fully saturated rings. The Morgan fingerprint density at radius 3 is 2.62 bits per heavy atom. The molecule has 172 valence electrons. The van der Waals surface area contributed by atoms with Crippen LogP contribution in [0.1, 0.15) is 45.6 Å². The summed E-state index contributed by atoms with van der Waals surface area (Å²) in [6, 6.07) is 3.71. The Kier molecular flexibility index (Phi) is 8.37. The van der Waals surface area contributed by atoms with Crippen molar-refractivity contribution in [1.82, 2.24) is 24.6 Å². The van der Waals surface area contributed by atoms with Gasteiger partial charge in [0.1, 0.15) is 6.26 Å². The van der Waals surface area contributed by atoms with Crippen molar-refractivity contribution < 1.29 is 14.0 Å². The molecular formula is C20H25Cl2N7O3. The Morgan fingerprint density at radius 1 is 1.25 bits per heavy atom. The van der Waals surface area contributed by atoms with Crippen LogP contribution < -0.4 is 11.1 Å². The average Bonchev–Trinajstić information content (AvgIpc) is 3.36. The molecule has 0 atom stereocenters. The minimum atomic E-state index is -0.704. The fourth-order valence-corrected chi connectivity index (χ4v) is 3.49. The van der Waals surface area contributed by atoms with Gasteiger partial charge in [0.2, 0.25) is 5.89 Å². The maximum Gasteiger partial charge on any atom is 0.277 e. The van der Waals surface area contributed by atoms with Gasteiger partial charge in [-0.2, -0.15) is 5.10 Å². The molecule has 3 N–H and O–H groups in total. The number of nitrogens with one attached hydrogen (secondary N) is 1. The average molecular weight is 482 g/mol. The molecule has 0 saturated carbocycles. The van der Waals surface area contributed by atoms with Crippen molar-refractivity contribution in [2.45, 2.75) is 25.8 Å². The lowest BCUT2D eigenvalue weighted by molar-refractivity contribution is 0.0994. The number of nitrogens with zero attached hydrogens (tertiary/aromatic N) is 5. The number of hydrogen-bond acceptors (Lipinski definition) is 7. The van der Waals surface area contributed by atoms with Gasteiger partial charge < -0.3 is 20.4 Å². The van der Waals surface area contributed by atoms with Crippen molar-refractivity contribution in [3.63, 3.8) is 0 Å². The van der Waals surface area contributed by atoms with Crippen LogP contribution >= 0.6 is 24.8 Å². The second-order valence-corrected chi connectivity index (χ2v) is 7.45. The molecule has 2 amide bonds. The maximum absolute atomic E-state index is 12.7. The topological polar surface area (TPSA) is 132 Å². The molecule has 4 heterocycles. The number of primary amides is 1. The Morgan fingerprint density at radius 2 is 1.97 bits per heavy atom. The van der Waals surface area contributed by atoms with Crippen LogP contribution in [-0.4, -0.2) is 56.6 Å². The number of aromatic nitrogens is 4. The van der Waals surface area contributed by atoms with E-state index in [9.17, 15) is 9.59 Å². The predicted octanol–water partition coefficient (Wildman–Crippen LogP) is 2.70. The van der Waals surface area contributed by atoms with Gasteiger partial charge >= 0.3 is 0 Å². The quantitative estimate of drug-likeness (QED) is 0.572. The SMILES string of the molecule is Cc1cc(-c2nc(C(=O)Nc3cn(C4CCN(C)CC4)nc3C(N)=O)co2)ccn1.Cl.Cl. The van der Waals surface area contributed by atoms with Gasteiger partial charge in [-0.25, -0.2) is 4.98 Å². The number of halogens is 2. The van der Waals surface area contributed by atoms with Gasteiger partial charge in [-0.3, -0.25) is 19.3 Å². The summed E-state index contributed by atoms with van der Waals surface area (Å²) in [5, 5.41) is 7.01. The third kappa shape index (κ3) is 5.45. The van der Waals surface area contributed by atoms with Crippen LogP contribution in [-0.2, 0) is 0 Å². The number of carbonyl (C=O) groups excluding carboxylic acids is 2. The number of likely N-dealkylation sites (tertiary alicyclic amines) is 1. The molecule has 3 aromatic rings. The first kappa shape index (κ1) is 25.3. The van der Waals surface area contributed by atoms with E-state index in [4.69, 9.17) is 10.2 Å². The van der Waals surface area contributed by atoms with Gasteiger partial charge in [-0.15, -0.1) is 24.8 Å². The van der Waals surface area contributed by atoms with Crippen LogP contribution in [0.5, 0.6) is 0 Å². The smallest absolute Gasteiger partial charge is 0.277 e. The summed E-state index contributed by atoms with van der Waals surface area (Å²) >= 11 is 0. The molecule has 0 aliphatic carbocycles.